The summed E-state index contributed by atoms with van der Waals surface area (Å²) in [6.07, 6.45) is 0.473. The molecule has 1 aliphatic heterocycles. The van der Waals surface area contributed by atoms with Crippen LogP contribution in [0.1, 0.15) is 33.4 Å². The number of nitrogens with zero attached hydrogens (tertiary/aromatic N) is 1. The molecule has 104 valence electrons. The molecule has 4 nitrogen and oxygen atoms in total. The maximum Gasteiger partial charge on any atom is 0.312 e. The smallest absolute Gasteiger partial charge is 0.312 e. The highest BCUT2D eigenvalue weighted by Crippen LogP contribution is 2.37. The summed E-state index contributed by atoms with van der Waals surface area (Å²) in [5, 5.41) is 11.6. The lowest BCUT2D eigenvalue weighted by Crippen LogP contribution is -2.09. The fraction of sp³-hybridized carbons (Fsp3) is 0.231. The van der Waals surface area contributed by atoms with Crippen LogP contribution in [0.5, 0.6) is 0 Å². The molecule has 2 aromatic heterocycles. The molecule has 0 saturated heterocycles. The minimum Gasteiger partial charge on any atom is -0.481 e. The summed E-state index contributed by atoms with van der Waals surface area (Å²) in [5.74, 6) is -1.76. The van der Waals surface area contributed by atoms with Crippen LogP contribution >= 0.6 is 34.5 Å². The Morgan fingerprint density at radius 1 is 1.35 bits per heavy atom. The van der Waals surface area contributed by atoms with E-state index in [1.165, 1.54) is 11.3 Å². The van der Waals surface area contributed by atoms with E-state index < -0.39 is 11.9 Å². The first-order chi connectivity index (χ1) is 9.50. The summed E-state index contributed by atoms with van der Waals surface area (Å²) in [4.78, 5) is 24.1. The van der Waals surface area contributed by atoms with Crippen molar-refractivity contribution in [1.82, 2.24) is 4.57 Å². The van der Waals surface area contributed by atoms with Gasteiger partial charge in [-0.25, -0.2) is 0 Å². The Labute approximate surface area is 128 Å². The number of thiophene rings is 1. The summed E-state index contributed by atoms with van der Waals surface area (Å²) in [6, 6.07) is 3.23. The molecule has 1 aliphatic rings. The van der Waals surface area contributed by atoms with Gasteiger partial charge < -0.3 is 9.67 Å². The zero-order valence-electron chi connectivity index (χ0n) is 10.1. The average Bonchev–Trinajstić information content (AvgIpc) is 3.02. The van der Waals surface area contributed by atoms with E-state index in [1.54, 1.807) is 22.1 Å². The SMILES string of the molecule is O=C(c1sccc1Cl)c1c(Cl)cc2n1CCC2C(=O)O. The normalized spacial score (nSPS) is 17.2. The summed E-state index contributed by atoms with van der Waals surface area (Å²) in [6.45, 7) is 0.475. The molecular weight excluding hydrogens is 321 g/mol. The lowest BCUT2D eigenvalue weighted by Gasteiger charge is -2.05. The van der Waals surface area contributed by atoms with Gasteiger partial charge in [0.25, 0.3) is 0 Å². The Kier molecular flexibility index (Phi) is 3.36. The monoisotopic (exact) mass is 329 g/mol. The minimum atomic E-state index is -0.897. The van der Waals surface area contributed by atoms with Crippen molar-refractivity contribution in [2.24, 2.45) is 0 Å². The van der Waals surface area contributed by atoms with Crippen molar-refractivity contribution >= 4 is 46.3 Å². The number of rotatable bonds is 3. The highest BCUT2D eigenvalue weighted by atomic mass is 35.5. The molecule has 1 unspecified atom stereocenters. The second kappa shape index (κ2) is 4.91. The van der Waals surface area contributed by atoms with Gasteiger partial charge in [-0.1, -0.05) is 23.2 Å². The first-order valence-electron chi connectivity index (χ1n) is 5.90. The molecule has 0 radical (unpaired) electrons. The Balaban J connectivity index is 2.09. The molecule has 0 saturated carbocycles. The maximum absolute atomic E-state index is 12.5. The number of carbonyl (C=O) groups excluding carboxylic acids is 1. The van der Waals surface area contributed by atoms with Crippen LogP contribution in [0, 0.1) is 0 Å². The molecular formula is C13H9Cl2NO3S. The summed E-state index contributed by atoms with van der Waals surface area (Å²) in [5.41, 5.74) is 0.910. The molecule has 20 heavy (non-hydrogen) atoms. The van der Waals surface area contributed by atoms with E-state index in [-0.39, 0.29) is 10.8 Å². The first-order valence-corrected chi connectivity index (χ1v) is 7.53. The van der Waals surface area contributed by atoms with Crippen LogP contribution in [0.3, 0.4) is 0 Å². The maximum atomic E-state index is 12.5. The van der Waals surface area contributed by atoms with Gasteiger partial charge >= 0.3 is 5.97 Å². The van der Waals surface area contributed by atoms with Gasteiger partial charge in [-0.2, -0.15) is 0 Å². The molecule has 0 spiro atoms. The van der Waals surface area contributed by atoms with Crippen molar-refractivity contribution in [2.75, 3.05) is 0 Å². The van der Waals surface area contributed by atoms with Gasteiger partial charge in [0.1, 0.15) is 5.69 Å². The van der Waals surface area contributed by atoms with Gasteiger partial charge in [0.15, 0.2) is 0 Å². The molecule has 3 rings (SSSR count). The van der Waals surface area contributed by atoms with Crippen LogP contribution in [-0.4, -0.2) is 21.4 Å². The van der Waals surface area contributed by atoms with Gasteiger partial charge in [0.2, 0.25) is 5.78 Å². The standard InChI is InChI=1S/C13H9Cl2NO3S/c14-7-2-4-20-12(7)11(17)10-8(15)5-9-6(13(18)19)1-3-16(9)10/h2,4-6H,1,3H2,(H,18,19). The predicted octanol–water partition coefficient (Wildman–Crippen LogP) is 3.66. The minimum absolute atomic E-state index is 0.257. The Morgan fingerprint density at radius 2 is 2.10 bits per heavy atom. The van der Waals surface area contributed by atoms with E-state index in [2.05, 4.69) is 0 Å². The van der Waals surface area contributed by atoms with Crippen LogP contribution < -0.4 is 0 Å². The highest BCUT2D eigenvalue weighted by Gasteiger charge is 2.34. The number of aliphatic carboxylic acids is 1. The lowest BCUT2D eigenvalue weighted by atomic mass is 10.1. The molecule has 1 N–H and O–H groups in total. The van der Waals surface area contributed by atoms with Gasteiger partial charge in [-0.05, 0) is 23.9 Å². The number of carboxylic acid groups (broad SMARTS) is 1. The van der Waals surface area contributed by atoms with Crippen LogP contribution in [-0.2, 0) is 11.3 Å². The molecule has 2 aromatic rings. The number of halogens is 2. The summed E-state index contributed by atoms with van der Waals surface area (Å²) >= 11 is 13.3. The van der Waals surface area contributed by atoms with E-state index >= 15 is 0 Å². The number of ketones is 1. The van der Waals surface area contributed by atoms with Crippen molar-refractivity contribution in [3.8, 4) is 0 Å². The van der Waals surface area contributed by atoms with Crippen molar-refractivity contribution in [3.05, 3.63) is 43.8 Å². The van der Waals surface area contributed by atoms with Crippen molar-refractivity contribution in [1.29, 1.82) is 0 Å². The zero-order valence-corrected chi connectivity index (χ0v) is 12.4. The summed E-state index contributed by atoms with van der Waals surface area (Å²) in [7, 11) is 0. The van der Waals surface area contributed by atoms with E-state index in [4.69, 9.17) is 28.3 Å². The van der Waals surface area contributed by atoms with Crippen LogP contribution in [0.25, 0.3) is 0 Å². The third-order valence-electron chi connectivity index (χ3n) is 3.42. The second-order valence-corrected chi connectivity index (χ2v) is 6.25. The molecule has 1 atom stereocenters. The third kappa shape index (κ3) is 1.97. The predicted molar refractivity (Wildman–Crippen MR) is 77.2 cm³/mol. The highest BCUT2D eigenvalue weighted by molar-refractivity contribution is 7.13. The number of carboxylic acids is 1. The second-order valence-electron chi connectivity index (χ2n) is 4.52. The van der Waals surface area contributed by atoms with E-state index in [9.17, 15) is 9.59 Å². The van der Waals surface area contributed by atoms with Gasteiger partial charge in [0, 0.05) is 12.2 Å². The number of carbonyl (C=O) groups is 2. The largest absolute Gasteiger partial charge is 0.481 e. The van der Waals surface area contributed by atoms with Gasteiger partial charge in [-0.15, -0.1) is 11.3 Å². The number of hydrogen-bond donors (Lipinski definition) is 1. The van der Waals surface area contributed by atoms with Crippen LogP contribution in [0.15, 0.2) is 17.5 Å². The average molecular weight is 330 g/mol. The van der Waals surface area contributed by atoms with E-state index in [0.717, 1.165) is 0 Å². The Hall–Kier alpha value is -1.30. The van der Waals surface area contributed by atoms with Crippen molar-refractivity contribution < 1.29 is 14.7 Å². The lowest BCUT2D eigenvalue weighted by molar-refractivity contribution is -0.138. The molecule has 0 bridgehead atoms. The molecule has 3 heterocycles. The topological polar surface area (TPSA) is 59.3 Å². The van der Waals surface area contributed by atoms with Crippen molar-refractivity contribution in [3.63, 3.8) is 0 Å². The molecule has 7 heteroatoms. The van der Waals surface area contributed by atoms with E-state index in [1.807, 2.05) is 0 Å². The van der Waals surface area contributed by atoms with Crippen LogP contribution in [0.4, 0.5) is 0 Å². The quantitative estimate of drug-likeness (QED) is 0.874. The van der Waals surface area contributed by atoms with Gasteiger partial charge in [-0.3, -0.25) is 9.59 Å². The van der Waals surface area contributed by atoms with E-state index in [0.29, 0.717) is 34.3 Å². The number of hydrogen-bond acceptors (Lipinski definition) is 3. The first kappa shape index (κ1) is 13.7. The Morgan fingerprint density at radius 3 is 2.70 bits per heavy atom. The van der Waals surface area contributed by atoms with Crippen molar-refractivity contribution in [2.45, 2.75) is 18.9 Å². The molecule has 0 aliphatic carbocycles. The summed E-state index contributed by atoms with van der Waals surface area (Å²) < 4.78 is 1.69. The fourth-order valence-electron chi connectivity index (χ4n) is 2.51. The zero-order chi connectivity index (χ0) is 14.4. The number of fused-ring (bicyclic) bond motifs is 1. The molecule has 0 amide bonds. The molecule has 0 aromatic carbocycles. The van der Waals surface area contributed by atoms with Crippen LogP contribution in [0.2, 0.25) is 10.0 Å². The Bertz CT molecular complexity index is 719. The number of aromatic nitrogens is 1. The fourth-order valence-corrected chi connectivity index (χ4v) is 3.90. The van der Waals surface area contributed by atoms with Gasteiger partial charge in [0.05, 0.1) is 20.8 Å². The molecule has 0 fully saturated rings. The third-order valence-corrected chi connectivity index (χ3v) is 5.05.